The zero-order valence-corrected chi connectivity index (χ0v) is 17.7. The van der Waals surface area contributed by atoms with Crippen LogP contribution in [0, 0.1) is 0 Å². The zero-order chi connectivity index (χ0) is 21.7. The first-order chi connectivity index (χ1) is 14.4. The van der Waals surface area contributed by atoms with Crippen molar-refractivity contribution in [3.8, 4) is 5.75 Å². The lowest BCUT2D eigenvalue weighted by Gasteiger charge is -2.29. The summed E-state index contributed by atoms with van der Waals surface area (Å²) in [5.41, 5.74) is 1.09. The Morgan fingerprint density at radius 1 is 1.27 bits per heavy atom. The fourth-order valence-electron chi connectivity index (χ4n) is 3.13. The highest BCUT2D eigenvalue weighted by molar-refractivity contribution is 7.89. The number of fused-ring (bicyclic) bond motifs is 1. The normalized spacial score (nSPS) is 13.7. The highest BCUT2D eigenvalue weighted by atomic mass is 32.2. The molecule has 2 aromatic rings. The molecule has 0 saturated carbocycles. The van der Waals surface area contributed by atoms with E-state index in [1.165, 1.54) is 27.4 Å². The molecule has 160 valence electrons. The molecule has 0 radical (unpaired) electrons. The van der Waals surface area contributed by atoms with Gasteiger partial charge in [-0.2, -0.15) is 4.31 Å². The van der Waals surface area contributed by atoms with Crippen molar-refractivity contribution in [2.45, 2.75) is 25.3 Å². The van der Waals surface area contributed by atoms with E-state index in [1.54, 1.807) is 32.3 Å². The molecular weight excluding hydrogens is 408 g/mol. The number of anilines is 1. The van der Waals surface area contributed by atoms with Crippen molar-refractivity contribution in [3.05, 3.63) is 48.3 Å². The van der Waals surface area contributed by atoms with Crippen LogP contribution < -0.4 is 15.0 Å². The maximum absolute atomic E-state index is 12.8. The van der Waals surface area contributed by atoms with Gasteiger partial charge in [0.05, 0.1) is 10.6 Å². The van der Waals surface area contributed by atoms with Gasteiger partial charge in [0.25, 0.3) is 5.91 Å². The van der Waals surface area contributed by atoms with E-state index >= 15 is 0 Å². The number of nitrogens with zero attached hydrogens (tertiary/aromatic N) is 3. The molecule has 3 rings (SSSR count). The fraction of sp³-hybridized carbons (Fsp3) is 0.350. The van der Waals surface area contributed by atoms with Gasteiger partial charge in [0, 0.05) is 32.0 Å². The van der Waals surface area contributed by atoms with E-state index in [2.05, 4.69) is 10.3 Å². The van der Waals surface area contributed by atoms with Gasteiger partial charge in [-0.25, -0.2) is 8.42 Å². The molecule has 30 heavy (non-hydrogen) atoms. The van der Waals surface area contributed by atoms with Gasteiger partial charge in [-0.1, -0.05) is 19.9 Å². The van der Waals surface area contributed by atoms with Crippen LogP contribution in [0.25, 0.3) is 0 Å². The smallest absolute Gasteiger partial charge is 0.265 e. The Bertz CT molecular complexity index is 1020. The molecule has 1 N–H and O–H groups in total. The molecule has 1 aromatic carbocycles. The number of hydrogen-bond acceptors (Lipinski definition) is 6. The highest BCUT2D eigenvalue weighted by Crippen LogP contribution is 2.34. The first-order valence-corrected chi connectivity index (χ1v) is 11.0. The van der Waals surface area contributed by atoms with Gasteiger partial charge >= 0.3 is 0 Å². The summed E-state index contributed by atoms with van der Waals surface area (Å²) >= 11 is 0. The zero-order valence-electron chi connectivity index (χ0n) is 16.9. The van der Waals surface area contributed by atoms with Crippen molar-refractivity contribution >= 4 is 27.5 Å². The minimum atomic E-state index is -3.72. The predicted octanol–water partition coefficient (Wildman–Crippen LogP) is 1.15. The molecule has 0 bridgehead atoms. The van der Waals surface area contributed by atoms with Crippen LogP contribution in [0.1, 0.15) is 19.4 Å². The van der Waals surface area contributed by atoms with Crippen molar-refractivity contribution in [1.82, 2.24) is 14.6 Å². The third-order valence-corrected chi connectivity index (χ3v) is 6.78. The summed E-state index contributed by atoms with van der Waals surface area (Å²) in [5, 5.41) is 2.74. The number of carbonyl (C=O) groups excluding carboxylic acids is 2. The molecule has 2 amide bonds. The molecular formula is C20H24N4O5S. The van der Waals surface area contributed by atoms with Gasteiger partial charge < -0.3 is 10.1 Å². The number of sulfonamides is 1. The Morgan fingerprint density at radius 3 is 2.70 bits per heavy atom. The number of rotatable bonds is 8. The molecule has 1 aliphatic rings. The molecule has 0 saturated heterocycles. The van der Waals surface area contributed by atoms with Crippen LogP contribution in [0.3, 0.4) is 0 Å². The monoisotopic (exact) mass is 432 g/mol. The predicted molar refractivity (Wildman–Crippen MR) is 110 cm³/mol. The quantitative estimate of drug-likeness (QED) is 0.670. The third-order valence-electron chi connectivity index (χ3n) is 4.73. The summed E-state index contributed by atoms with van der Waals surface area (Å²) in [5.74, 6) is -0.443. The van der Waals surface area contributed by atoms with E-state index in [1.807, 2.05) is 6.07 Å². The Hall–Kier alpha value is -2.98. The molecule has 0 atom stereocenters. The molecule has 9 nitrogen and oxygen atoms in total. The number of hydrogen-bond donors (Lipinski definition) is 1. The van der Waals surface area contributed by atoms with Gasteiger partial charge in [-0.3, -0.25) is 19.5 Å². The van der Waals surface area contributed by atoms with Crippen LogP contribution >= 0.6 is 0 Å². The first kappa shape index (κ1) is 21.7. The van der Waals surface area contributed by atoms with Crippen molar-refractivity contribution in [2.24, 2.45) is 0 Å². The Balaban J connectivity index is 1.82. The Labute approximate surface area is 175 Å². The summed E-state index contributed by atoms with van der Waals surface area (Å²) < 4.78 is 32.4. The largest absolute Gasteiger partial charge is 0.482 e. The molecule has 0 unspecified atom stereocenters. The molecule has 0 fully saturated rings. The lowest BCUT2D eigenvalue weighted by molar-refractivity contribution is -0.125. The number of amides is 2. The van der Waals surface area contributed by atoms with Gasteiger partial charge in [0.1, 0.15) is 12.3 Å². The first-order valence-electron chi connectivity index (χ1n) is 9.59. The average molecular weight is 433 g/mol. The van der Waals surface area contributed by atoms with Crippen molar-refractivity contribution < 1.29 is 22.7 Å². The summed E-state index contributed by atoms with van der Waals surface area (Å²) in [6, 6.07) is 7.93. The maximum Gasteiger partial charge on any atom is 0.265 e. The highest BCUT2D eigenvalue weighted by Gasteiger charge is 2.30. The number of ether oxygens (including phenoxy) is 1. The minimum absolute atomic E-state index is 0.0454. The number of nitrogens with one attached hydrogen (secondary N) is 1. The van der Waals surface area contributed by atoms with Crippen LogP contribution in [0.5, 0.6) is 5.75 Å². The van der Waals surface area contributed by atoms with E-state index in [4.69, 9.17) is 4.74 Å². The van der Waals surface area contributed by atoms with Crippen molar-refractivity contribution in [3.63, 3.8) is 0 Å². The molecule has 0 aliphatic carbocycles. The SMILES string of the molecule is CCN(CC)S(=O)(=O)c1ccc2c(c1)N(CC(=O)NCc1cccnc1)C(=O)CO2. The van der Waals surface area contributed by atoms with Gasteiger partial charge in [0.2, 0.25) is 15.9 Å². The van der Waals surface area contributed by atoms with Gasteiger partial charge in [-0.15, -0.1) is 0 Å². The molecule has 0 spiro atoms. The lowest BCUT2D eigenvalue weighted by Crippen LogP contribution is -2.45. The second kappa shape index (κ2) is 9.23. The van der Waals surface area contributed by atoms with Crippen LogP contribution in [0.4, 0.5) is 5.69 Å². The second-order valence-electron chi connectivity index (χ2n) is 6.63. The summed E-state index contributed by atoms with van der Waals surface area (Å²) in [4.78, 5) is 30.1. The summed E-state index contributed by atoms with van der Waals surface area (Å²) in [7, 11) is -3.72. The third kappa shape index (κ3) is 4.60. The fourth-order valence-corrected chi connectivity index (χ4v) is 4.61. The van der Waals surface area contributed by atoms with Crippen molar-refractivity contribution in [1.29, 1.82) is 0 Å². The average Bonchev–Trinajstić information content (AvgIpc) is 2.75. The topological polar surface area (TPSA) is 109 Å². The molecule has 1 aliphatic heterocycles. The van der Waals surface area contributed by atoms with Crippen LogP contribution in [-0.2, 0) is 26.2 Å². The van der Waals surface area contributed by atoms with E-state index in [-0.39, 0.29) is 36.2 Å². The lowest BCUT2D eigenvalue weighted by atomic mass is 10.2. The number of benzene rings is 1. The summed E-state index contributed by atoms with van der Waals surface area (Å²) in [6.45, 7) is 3.97. The van der Waals surface area contributed by atoms with Gasteiger partial charge in [0.15, 0.2) is 6.61 Å². The molecule has 2 heterocycles. The van der Waals surface area contributed by atoms with E-state index in [0.29, 0.717) is 18.8 Å². The minimum Gasteiger partial charge on any atom is -0.482 e. The van der Waals surface area contributed by atoms with E-state index < -0.39 is 15.9 Å². The maximum atomic E-state index is 12.8. The number of pyridine rings is 1. The van der Waals surface area contributed by atoms with E-state index in [0.717, 1.165) is 5.56 Å². The van der Waals surface area contributed by atoms with Crippen LogP contribution in [0.15, 0.2) is 47.6 Å². The second-order valence-corrected chi connectivity index (χ2v) is 8.56. The summed E-state index contributed by atoms with van der Waals surface area (Å²) in [6.07, 6.45) is 3.28. The standard InChI is InChI=1S/C20H24N4O5S/c1-3-23(4-2)30(27,28)16-7-8-18-17(10-16)24(20(26)14-29-18)13-19(25)22-12-15-6-5-9-21-11-15/h5-11H,3-4,12-14H2,1-2H3,(H,22,25). The Kier molecular flexibility index (Phi) is 6.68. The van der Waals surface area contributed by atoms with Crippen LogP contribution in [-0.4, -0.2) is 55.8 Å². The van der Waals surface area contributed by atoms with Gasteiger partial charge in [-0.05, 0) is 29.8 Å². The Morgan fingerprint density at radius 2 is 2.03 bits per heavy atom. The van der Waals surface area contributed by atoms with Crippen molar-refractivity contribution in [2.75, 3.05) is 31.1 Å². The van der Waals surface area contributed by atoms with Crippen LogP contribution in [0.2, 0.25) is 0 Å². The molecule has 10 heteroatoms. The molecule has 1 aromatic heterocycles. The number of carbonyl (C=O) groups is 2. The van der Waals surface area contributed by atoms with E-state index in [9.17, 15) is 18.0 Å². The number of aromatic nitrogens is 1.